The van der Waals surface area contributed by atoms with Gasteiger partial charge in [-0.1, -0.05) is 18.9 Å². The van der Waals surface area contributed by atoms with Crippen LogP contribution in [0.1, 0.15) is 61.5 Å². The van der Waals surface area contributed by atoms with Crippen LogP contribution in [0, 0.1) is 0 Å². The van der Waals surface area contributed by atoms with Crippen LogP contribution in [0.3, 0.4) is 0 Å². The third kappa shape index (κ3) is 3.87. The third-order valence-electron chi connectivity index (χ3n) is 5.77. The maximum atomic E-state index is 5.70. The topological polar surface area (TPSA) is 42.3 Å². The summed E-state index contributed by atoms with van der Waals surface area (Å²) < 4.78 is 7.66. The van der Waals surface area contributed by atoms with Crippen LogP contribution < -0.4 is 5.32 Å². The lowest BCUT2D eigenvalue weighted by Gasteiger charge is -2.27. The summed E-state index contributed by atoms with van der Waals surface area (Å²) in [6.45, 7) is 1.62. The van der Waals surface area contributed by atoms with Gasteiger partial charge in [0.15, 0.2) is 5.11 Å². The molecule has 0 amide bonds. The van der Waals surface area contributed by atoms with E-state index in [0.717, 1.165) is 30.4 Å². The van der Waals surface area contributed by atoms with Gasteiger partial charge in [-0.3, -0.25) is 4.98 Å². The third-order valence-corrected chi connectivity index (χ3v) is 6.12. The van der Waals surface area contributed by atoms with Gasteiger partial charge in [-0.25, -0.2) is 0 Å². The first-order valence-corrected chi connectivity index (χ1v) is 10.3. The van der Waals surface area contributed by atoms with Crippen LogP contribution in [0.5, 0.6) is 0 Å². The van der Waals surface area contributed by atoms with Gasteiger partial charge in [0.1, 0.15) is 0 Å². The van der Waals surface area contributed by atoms with E-state index in [1.807, 2.05) is 18.3 Å². The number of thiocarbonyl (C=S) groups is 1. The Hall–Kier alpha value is -1.92. The molecule has 0 spiro atoms. The van der Waals surface area contributed by atoms with E-state index in [4.69, 9.17) is 17.0 Å². The molecule has 1 saturated carbocycles. The Bertz CT molecular complexity index is 757. The van der Waals surface area contributed by atoms with Crippen molar-refractivity contribution in [2.75, 3.05) is 20.3 Å². The summed E-state index contributed by atoms with van der Waals surface area (Å²) in [4.78, 5) is 6.91. The molecule has 3 heterocycles. The van der Waals surface area contributed by atoms with Gasteiger partial charge in [0.05, 0.1) is 17.8 Å². The van der Waals surface area contributed by atoms with E-state index in [1.165, 1.54) is 31.2 Å². The second kappa shape index (κ2) is 8.40. The highest BCUT2D eigenvalue weighted by atomic mass is 32.1. The van der Waals surface area contributed by atoms with Crippen molar-refractivity contribution in [1.82, 2.24) is 19.8 Å². The zero-order valence-electron chi connectivity index (χ0n) is 15.9. The fourth-order valence-corrected chi connectivity index (χ4v) is 4.76. The van der Waals surface area contributed by atoms with E-state index in [0.29, 0.717) is 6.04 Å². The normalized spacial score (nSPS) is 23.1. The fraction of sp³-hybridized carbons (Fsp3) is 0.524. The molecule has 0 aromatic carbocycles. The number of hydrogen-bond donors (Lipinski definition) is 1. The Labute approximate surface area is 166 Å². The van der Waals surface area contributed by atoms with E-state index in [1.54, 1.807) is 7.11 Å². The number of methoxy groups -OCH3 is 1. The fourth-order valence-electron chi connectivity index (χ4n) is 4.42. The summed E-state index contributed by atoms with van der Waals surface area (Å²) in [5, 5.41) is 4.33. The number of pyridine rings is 1. The number of hydrogen-bond acceptors (Lipinski definition) is 3. The first kappa shape index (κ1) is 18.4. The largest absolute Gasteiger partial charge is 0.385 e. The monoisotopic (exact) mass is 384 g/mol. The standard InChI is InChI=1S/C21H28N4OS/c1-26-14-6-12-25-20(16-10-13-24(15-16)17-7-2-3-8-17)19(23-21(25)27)18-9-4-5-11-22-18/h4-5,9-11,13,15,17,19-20H,2-3,6-8,12,14H2,1H3,(H,23,27)/t19-,20+/m1/s1. The number of aromatic nitrogens is 2. The molecule has 0 radical (unpaired) electrons. The second-order valence-electron chi connectivity index (χ2n) is 7.50. The van der Waals surface area contributed by atoms with Gasteiger partial charge in [-0.05, 0) is 55.2 Å². The maximum absolute atomic E-state index is 5.70. The van der Waals surface area contributed by atoms with Crippen molar-refractivity contribution in [3.63, 3.8) is 0 Å². The van der Waals surface area contributed by atoms with Gasteiger partial charge >= 0.3 is 0 Å². The van der Waals surface area contributed by atoms with Gasteiger partial charge in [-0.2, -0.15) is 0 Å². The molecule has 27 heavy (non-hydrogen) atoms. The van der Waals surface area contributed by atoms with E-state index in [9.17, 15) is 0 Å². The molecule has 1 aliphatic heterocycles. The number of nitrogens with one attached hydrogen (secondary N) is 1. The summed E-state index contributed by atoms with van der Waals surface area (Å²) in [5.74, 6) is 0. The Morgan fingerprint density at radius 2 is 2.11 bits per heavy atom. The van der Waals surface area contributed by atoms with E-state index >= 15 is 0 Å². The van der Waals surface area contributed by atoms with Gasteiger partial charge in [-0.15, -0.1) is 0 Å². The summed E-state index contributed by atoms with van der Waals surface area (Å²) in [6.07, 6.45) is 12.6. The minimum Gasteiger partial charge on any atom is -0.385 e. The van der Waals surface area contributed by atoms with Crippen LogP contribution in [-0.2, 0) is 4.74 Å². The Morgan fingerprint density at radius 1 is 1.26 bits per heavy atom. The highest BCUT2D eigenvalue weighted by molar-refractivity contribution is 7.80. The number of rotatable bonds is 7. The van der Waals surface area contributed by atoms with Gasteiger partial charge in [0.2, 0.25) is 0 Å². The Kier molecular flexibility index (Phi) is 5.74. The first-order valence-electron chi connectivity index (χ1n) is 9.92. The molecule has 0 bridgehead atoms. The van der Waals surface area contributed by atoms with E-state index in [2.05, 4.69) is 44.3 Å². The number of nitrogens with zero attached hydrogens (tertiary/aromatic N) is 3. The Morgan fingerprint density at radius 3 is 2.85 bits per heavy atom. The molecule has 2 atom stereocenters. The molecule has 1 saturated heterocycles. The quantitative estimate of drug-likeness (QED) is 0.577. The number of ether oxygens (including phenoxy) is 1. The first-order chi connectivity index (χ1) is 13.3. The van der Waals surface area contributed by atoms with Crippen LogP contribution in [0.4, 0.5) is 0 Å². The predicted octanol–water partition coefficient (Wildman–Crippen LogP) is 4.01. The molecule has 6 heteroatoms. The van der Waals surface area contributed by atoms with E-state index < -0.39 is 0 Å². The highest BCUT2D eigenvalue weighted by Crippen LogP contribution is 2.40. The van der Waals surface area contributed by atoms with Crippen molar-refractivity contribution in [1.29, 1.82) is 0 Å². The average molecular weight is 385 g/mol. The molecule has 2 aliphatic rings. The minimum atomic E-state index is 0.0701. The molecule has 2 aromatic rings. The van der Waals surface area contributed by atoms with Crippen LogP contribution in [0.25, 0.3) is 0 Å². The zero-order chi connectivity index (χ0) is 18.6. The maximum Gasteiger partial charge on any atom is 0.170 e. The van der Waals surface area contributed by atoms with E-state index in [-0.39, 0.29) is 12.1 Å². The van der Waals surface area contributed by atoms with Crippen LogP contribution in [0.15, 0.2) is 42.9 Å². The van der Waals surface area contributed by atoms with Crippen LogP contribution >= 0.6 is 12.2 Å². The molecule has 2 aromatic heterocycles. The molecule has 1 N–H and O–H groups in total. The average Bonchev–Trinajstić information content (AvgIpc) is 3.42. The molecular weight excluding hydrogens is 356 g/mol. The van der Waals surface area contributed by atoms with Crippen molar-refractivity contribution in [3.8, 4) is 0 Å². The minimum absolute atomic E-state index is 0.0701. The summed E-state index contributed by atoms with van der Waals surface area (Å²) in [7, 11) is 1.75. The van der Waals surface area contributed by atoms with Crippen LogP contribution in [-0.4, -0.2) is 39.8 Å². The summed E-state index contributed by atoms with van der Waals surface area (Å²) in [5.41, 5.74) is 2.34. The smallest absolute Gasteiger partial charge is 0.170 e. The zero-order valence-corrected chi connectivity index (χ0v) is 16.7. The Balaban J connectivity index is 1.63. The van der Waals surface area contributed by atoms with Crippen molar-refractivity contribution in [2.45, 2.75) is 50.2 Å². The predicted molar refractivity (Wildman–Crippen MR) is 111 cm³/mol. The SMILES string of the molecule is COCCCN1C(=S)N[C@H](c2ccccn2)[C@@H]1c1ccn(C2CCCC2)c1. The van der Waals surface area contributed by atoms with Gasteiger partial charge in [0, 0.05) is 44.9 Å². The lowest BCUT2D eigenvalue weighted by Crippen LogP contribution is -2.31. The molecule has 4 rings (SSSR count). The van der Waals surface area contributed by atoms with Crippen molar-refractivity contribution in [3.05, 3.63) is 54.1 Å². The van der Waals surface area contributed by atoms with Gasteiger partial charge in [0.25, 0.3) is 0 Å². The van der Waals surface area contributed by atoms with Crippen molar-refractivity contribution in [2.24, 2.45) is 0 Å². The summed E-state index contributed by atoms with van der Waals surface area (Å²) in [6, 6.07) is 9.22. The molecule has 2 fully saturated rings. The van der Waals surface area contributed by atoms with Crippen molar-refractivity contribution < 1.29 is 4.74 Å². The molecule has 5 nitrogen and oxygen atoms in total. The second-order valence-corrected chi connectivity index (χ2v) is 7.88. The summed E-state index contributed by atoms with van der Waals surface area (Å²) >= 11 is 5.70. The molecular formula is C21H28N4OS. The molecule has 1 aliphatic carbocycles. The molecule has 0 unspecified atom stereocenters. The lowest BCUT2D eigenvalue weighted by atomic mass is 9.99. The van der Waals surface area contributed by atoms with Crippen molar-refractivity contribution >= 4 is 17.3 Å². The highest BCUT2D eigenvalue weighted by Gasteiger charge is 2.39. The van der Waals surface area contributed by atoms with Gasteiger partial charge < -0.3 is 19.5 Å². The molecule has 144 valence electrons. The van der Waals surface area contributed by atoms with Crippen LogP contribution in [0.2, 0.25) is 0 Å². The lowest BCUT2D eigenvalue weighted by molar-refractivity contribution is 0.180.